The van der Waals surface area contributed by atoms with Crippen molar-refractivity contribution in [3.8, 4) is 11.6 Å². The van der Waals surface area contributed by atoms with E-state index in [1.807, 2.05) is 72.8 Å². The number of carbonyl (C=O) groups is 2. The van der Waals surface area contributed by atoms with Gasteiger partial charge in [0.2, 0.25) is 0 Å². The molecule has 7 rings (SSSR count). The van der Waals surface area contributed by atoms with Gasteiger partial charge in [-0.15, -0.1) is 0 Å². The van der Waals surface area contributed by atoms with Crippen molar-refractivity contribution in [2.45, 2.75) is 56.6 Å². The number of nitrogens with zero attached hydrogens (tertiary/aromatic N) is 2. The van der Waals surface area contributed by atoms with Crippen LogP contribution in [0.1, 0.15) is 61.5 Å². The van der Waals surface area contributed by atoms with Gasteiger partial charge in [-0.3, -0.25) is 14.5 Å². The first-order valence-electron chi connectivity index (χ1n) is 16.2. The fourth-order valence-electron chi connectivity index (χ4n) is 6.88. The van der Waals surface area contributed by atoms with Crippen molar-refractivity contribution < 1.29 is 29.3 Å². The predicted molar refractivity (Wildman–Crippen MR) is 184 cm³/mol. The summed E-state index contributed by atoms with van der Waals surface area (Å²) >= 11 is 0. The number of rotatable bonds is 7. The van der Waals surface area contributed by atoms with Crippen LogP contribution in [0.5, 0.6) is 11.6 Å². The largest absolute Gasteiger partial charge is 0.484 e. The number of piperidine rings is 2. The molecule has 0 aliphatic carbocycles. The second-order valence-electron chi connectivity index (χ2n) is 12.5. The van der Waals surface area contributed by atoms with Crippen LogP contribution in [0.25, 0.3) is 0 Å². The number of carboxylic acid groups (broad SMARTS) is 2. The number of aromatic nitrogens is 1. The molecule has 4 aromatic rings. The molecule has 1 atom stereocenters. The molecule has 252 valence electrons. The summed E-state index contributed by atoms with van der Waals surface area (Å²) in [7, 11) is 0. The van der Waals surface area contributed by atoms with Crippen molar-refractivity contribution in [2.75, 3.05) is 32.8 Å². The first-order chi connectivity index (χ1) is 22.9. The lowest BCUT2D eigenvalue weighted by Gasteiger charge is -2.39. The monoisotopic (exact) mass is 651 g/mol. The fourth-order valence-corrected chi connectivity index (χ4v) is 6.88. The van der Waals surface area contributed by atoms with E-state index < -0.39 is 22.8 Å². The molecule has 2 saturated heterocycles. The molecule has 0 bridgehead atoms. The van der Waals surface area contributed by atoms with E-state index in [-0.39, 0.29) is 13.5 Å². The molecule has 1 unspecified atom stereocenters. The normalized spacial score (nSPS) is 19.5. The van der Waals surface area contributed by atoms with E-state index in [4.69, 9.17) is 9.47 Å². The molecular weight excluding hydrogens is 606 g/mol. The maximum Gasteiger partial charge on any atom is 0.314 e. The number of hydrogen-bond acceptors (Lipinski definition) is 7. The van der Waals surface area contributed by atoms with E-state index in [1.165, 1.54) is 5.56 Å². The fraction of sp³-hybridized carbons (Fsp3) is 0.359. The second kappa shape index (κ2) is 15.4. The first kappa shape index (κ1) is 34.6. The summed E-state index contributed by atoms with van der Waals surface area (Å²) in [6.45, 7) is 4.33. The lowest BCUT2D eigenvalue weighted by molar-refractivity contribution is -0.146. The highest BCUT2D eigenvalue weighted by atomic mass is 16.6. The Balaban J connectivity index is 0.000000237. The van der Waals surface area contributed by atoms with Crippen LogP contribution in [0.3, 0.4) is 0 Å². The molecule has 3 aromatic carbocycles. The number of aliphatic carboxylic acids is 2. The Bertz CT molecular complexity index is 1630. The van der Waals surface area contributed by atoms with Gasteiger partial charge in [0.05, 0.1) is 10.8 Å². The van der Waals surface area contributed by atoms with Crippen LogP contribution in [-0.4, -0.2) is 64.8 Å². The van der Waals surface area contributed by atoms with Crippen LogP contribution in [0.2, 0.25) is 0 Å². The van der Waals surface area contributed by atoms with Crippen LogP contribution in [-0.2, 0) is 27.0 Å². The average Bonchev–Trinajstić information content (AvgIpc) is 3.13. The van der Waals surface area contributed by atoms with Crippen molar-refractivity contribution in [3.63, 3.8) is 0 Å². The Morgan fingerprint density at radius 1 is 0.771 bits per heavy atom. The molecule has 0 saturated carbocycles. The molecule has 0 radical (unpaired) electrons. The molecule has 0 spiro atoms. The van der Waals surface area contributed by atoms with Crippen molar-refractivity contribution in [3.05, 3.63) is 126 Å². The summed E-state index contributed by atoms with van der Waals surface area (Å²) < 4.78 is 11.8. The third-order valence-electron chi connectivity index (χ3n) is 9.78. The molecule has 3 aliphatic rings. The van der Waals surface area contributed by atoms with Crippen molar-refractivity contribution >= 4 is 11.9 Å². The van der Waals surface area contributed by atoms with Crippen LogP contribution in [0, 0.1) is 0 Å². The number of pyridine rings is 1. The lowest BCUT2D eigenvalue weighted by atomic mass is 9.73. The number of nitrogens with one attached hydrogen (secondary N) is 1. The zero-order valence-corrected chi connectivity index (χ0v) is 26.4. The average molecular weight is 652 g/mol. The van der Waals surface area contributed by atoms with Crippen molar-refractivity contribution in [1.29, 1.82) is 0 Å². The molecule has 9 heteroatoms. The predicted octanol–water partition coefficient (Wildman–Crippen LogP) is 6.24. The zero-order chi connectivity index (χ0) is 32.7. The summed E-state index contributed by atoms with van der Waals surface area (Å²) in [6, 6.07) is 31.3. The van der Waals surface area contributed by atoms with Crippen molar-refractivity contribution in [2.24, 2.45) is 0 Å². The van der Waals surface area contributed by atoms with Gasteiger partial charge in [-0.05, 0) is 86.2 Å². The third-order valence-corrected chi connectivity index (χ3v) is 9.78. The van der Waals surface area contributed by atoms with Gasteiger partial charge in [0, 0.05) is 12.7 Å². The molecular formula is C39H45N3O6. The van der Waals surface area contributed by atoms with E-state index in [0.29, 0.717) is 43.9 Å². The molecule has 9 nitrogen and oxygen atoms in total. The summed E-state index contributed by atoms with van der Waals surface area (Å²) in [5, 5.41) is 22.6. The maximum absolute atomic E-state index is 12.2. The smallest absolute Gasteiger partial charge is 0.314 e. The summed E-state index contributed by atoms with van der Waals surface area (Å²) in [4.78, 5) is 30.2. The third kappa shape index (κ3) is 7.37. The Hall–Kier alpha value is -4.73. The van der Waals surface area contributed by atoms with Crippen LogP contribution in [0.15, 0.2) is 103 Å². The molecule has 3 N–H and O–H groups in total. The summed E-state index contributed by atoms with van der Waals surface area (Å²) in [6.07, 6.45) is 4.10. The maximum atomic E-state index is 12.2. The highest BCUT2D eigenvalue weighted by molar-refractivity contribution is 5.82. The standard InChI is InChI=1S/C26H26N2O4.C12H15NO2.CH4/c29-25(30)26(21-5-2-1-3-6-21)12-15-28(16-13-26)17-19-8-10-20(11-9-19)23-18-31-22-7-4-14-27-24(22)32-23;14-11(15)12(6-8-13-9-7-12)10-4-2-1-3-5-10;/h1-11,14,23H,12-13,15-18H2,(H,29,30);1-5,13H,6-9H2,(H,14,15);1H4. The minimum absolute atomic E-state index is 0. The summed E-state index contributed by atoms with van der Waals surface area (Å²) in [5.41, 5.74) is 2.63. The van der Waals surface area contributed by atoms with Crippen LogP contribution >= 0.6 is 0 Å². The van der Waals surface area contributed by atoms with Gasteiger partial charge in [0.15, 0.2) is 11.9 Å². The number of carboxylic acids is 2. The van der Waals surface area contributed by atoms with Gasteiger partial charge in [-0.2, -0.15) is 0 Å². The Kier molecular flexibility index (Phi) is 11.1. The molecule has 48 heavy (non-hydrogen) atoms. The first-order valence-corrected chi connectivity index (χ1v) is 16.2. The van der Waals surface area contributed by atoms with Gasteiger partial charge < -0.3 is 25.0 Å². The Labute approximate surface area is 282 Å². The zero-order valence-electron chi connectivity index (χ0n) is 26.4. The number of fused-ring (bicyclic) bond motifs is 1. The summed E-state index contributed by atoms with van der Waals surface area (Å²) in [5.74, 6) is -0.214. The molecule has 1 aromatic heterocycles. The quantitative estimate of drug-likeness (QED) is 0.213. The minimum Gasteiger partial charge on any atom is -0.484 e. The molecule has 4 heterocycles. The molecule has 0 amide bonds. The van der Waals surface area contributed by atoms with E-state index in [0.717, 1.165) is 49.4 Å². The highest BCUT2D eigenvalue weighted by Gasteiger charge is 2.43. The number of likely N-dealkylation sites (tertiary alicyclic amines) is 1. The number of ether oxygens (including phenoxy) is 2. The van der Waals surface area contributed by atoms with Gasteiger partial charge in [0.1, 0.15) is 6.61 Å². The Morgan fingerprint density at radius 2 is 1.33 bits per heavy atom. The van der Waals surface area contributed by atoms with E-state index in [1.54, 1.807) is 6.20 Å². The topological polar surface area (TPSA) is 121 Å². The van der Waals surface area contributed by atoms with Crippen molar-refractivity contribution in [1.82, 2.24) is 15.2 Å². The van der Waals surface area contributed by atoms with E-state index in [2.05, 4.69) is 39.5 Å². The van der Waals surface area contributed by atoms with Crippen LogP contribution in [0.4, 0.5) is 0 Å². The van der Waals surface area contributed by atoms with Gasteiger partial charge in [-0.1, -0.05) is 92.4 Å². The molecule has 2 fully saturated rings. The lowest BCUT2D eigenvalue weighted by Crippen LogP contribution is -2.47. The second-order valence-corrected chi connectivity index (χ2v) is 12.5. The van der Waals surface area contributed by atoms with Gasteiger partial charge in [-0.25, -0.2) is 4.98 Å². The SMILES string of the molecule is C.O=C(O)C1(c2ccccc2)CCN(Cc2ccc(C3COc4cccnc4O3)cc2)CC1.O=C(O)C1(c2ccccc2)CCNCC1. The van der Waals surface area contributed by atoms with Gasteiger partial charge >= 0.3 is 11.9 Å². The Morgan fingerprint density at radius 3 is 1.90 bits per heavy atom. The number of benzene rings is 3. The minimum atomic E-state index is -0.787. The van der Waals surface area contributed by atoms with E-state index in [9.17, 15) is 19.8 Å². The van der Waals surface area contributed by atoms with E-state index >= 15 is 0 Å². The highest BCUT2D eigenvalue weighted by Crippen LogP contribution is 2.37. The van der Waals surface area contributed by atoms with Crippen LogP contribution < -0.4 is 14.8 Å². The molecule has 3 aliphatic heterocycles. The van der Waals surface area contributed by atoms with Gasteiger partial charge in [0.25, 0.3) is 5.88 Å². The number of hydrogen-bond donors (Lipinski definition) is 3.